The van der Waals surface area contributed by atoms with Crippen LogP contribution in [0.15, 0.2) is 48.5 Å². The summed E-state index contributed by atoms with van der Waals surface area (Å²) in [5, 5.41) is 15.1. The lowest BCUT2D eigenvalue weighted by Gasteiger charge is -2.08. The summed E-state index contributed by atoms with van der Waals surface area (Å²) in [6.07, 6.45) is 0. The number of esters is 1. The van der Waals surface area contributed by atoms with Crippen molar-refractivity contribution in [3.05, 3.63) is 81.2 Å². The van der Waals surface area contributed by atoms with Crippen LogP contribution in [0, 0.1) is 24.0 Å². The minimum Gasteiger partial charge on any atom is -0.457 e. The Morgan fingerprint density at radius 2 is 1.89 bits per heavy atom. The summed E-state index contributed by atoms with van der Waals surface area (Å²) in [6, 6.07) is 13.1. The zero-order valence-corrected chi connectivity index (χ0v) is 14.9. The van der Waals surface area contributed by atoms with Crippen molar-refractivity contribution in [3.8, 4) is 5.69 Å². The molecule has 3 rings (SSSR count). The lowest BCUT2D eigenvalue weighted by molar-refractivity contribution is -0.384. The Labute approximate surface area is 155 Å². The monoisotopic (exact) mass is 366 g/mol. The number of ether oxygens (including phenoxy) is 1. The third-order valence-corrected chi connectivity index (χ3v) is 4.03. The van der Waals surface area contributed by atoms with Crippen molar-refractivity contribution in [1.82, 2.24) is 9.78 Å². The highest BCUT2D eigenvalue weighted by molar-refractivity contribution is 5.95. The number of nitrogens with two attached hydrogens (primary N) is 1. The van der Waals surface area contributed by atoms with Gasteiger partial charge >= 0.3 is 5.97 Å². The number of hydrogen-bond acceptors (Lipinski definition) is 6. The van der Waals surface area contributed by atoms with Crippen LogP contribution >= 0.6 is 0 Å². The van der Waals surface area contributed by atoms with Gasteiger partial charge < -0.3 is 10.5 Å². The van der Waals surface area contributed by atoms with Gasteiger partial charge in [0, 0.05) is 17.8 Å². The van der Waals surface area contributed by atoms with E-state index in [0.717, 1.165) is 28.7 Å². The number of benzene rings is 2. The topological polar surface area (TPSA) is 113 Å². The molecule has 8 nitrogen and oxygen atoms in total. The number of nitro groups is 1. The summed E-state index contributed by atoms with van der Waals surface area (Å²) < 4.78 is 7.09. The molecule has 27 heavy (non-hydrogen) atoms. The van der Waals surface area contributed by atoms with E-state index in [1.54, 1.807) is 0 Å². The SMILES string of the molecule is Cc1cc(C)n(-c2ccc(COC(=O)c3ccc([N+](=O)[O-])cc3N)cc2)n1. The Hall–Kier alpha value is -3.68. The van der Waals surface area contributed by atoms with Crippen molar-refractivity contribution in [1.29, 1.82) is 0 Å². The van der Waals surface area contributed by atoms with Crippen LogP contribution in [0.3, 0.4) is 0 Å². The second kappa shape index (κ2) is 7.28. The first-order chi connectivity index (χ1) is 12.8. The predicted octanol–water partition coefficient (Wildman–Crippen LogP) is 3.34. The maximum Gasteiger partial charge on any atom is 0.340 e. The van der Waals surface area contributed by atoms with Gasteiger partial charge in [0.15, 0.2) is 0 Å². The molecule has 0 saturated heterocycles. The summed E-state index contributed by atoms with van der Waals surface area (Å²) in [5.74, 6) is -0.634. The molecule has 0 bridgehead atoms. The zero-order valence-electron chi connectivity index (χ0n) is 14.9. The zero-order chi connectivity index (χ0) is 19.6. The molecule has 8 heteroatoms. The summed E-state index contributed by atoms with van der Waals surface area (Å²) in [4.78, 5) is 22.3. The predicted molar refractivity (Wildman–Crippen MR) is 99.7 cm³/mol. The standard InChI is InChI=1S/C19H18N4O4/c1-12-9-13(2)22(21-12)15-5-3-14(4-6-15)11-27-19(24)17-8-7-16(23(25)26)10-18(17)20/h3-10H,11,20H2,1-2H3. The summed E-state index contributed by atoms with van der Waals surface area (Å²) >= 11 is 0. The molecule has 0 aliphatic heterocycles. The van der Waals surface area contributed by atoms with Crippen molar-refractivity contribution >= 4 is 17.3 Å². The first-order valence-electron chi connectivity index (χ1n) is 8.19. The lowest BCUT2D eigenvalue weighted by Crippen LogP contribution is -2.09. The number of carbonyl (C=O) groups is 1. The summed E-state index contributed by atoms with van der Waals surface area (Å²) in [6.45, 7) is 3.97. The van der Waals surface area contributed by atoms with Gasteiger partial charge in [0.25, 0.3) is 5.69 Å². The number of rotatable bonds is 5. The quantitative estimate of drug-likeness (QED) is 0.321. The Morgan fingerprint density at radius 1 is 1.19 bits per heavy atom. The number of non-ortho nitro benzene ring substituents is 1. The third kappa shape index (κ3) is 3.95. The molecule has 0 spiro atoms. The molecule has 2 N–H and O–H groups in total. The van der Waals surface area contributed by atoms with Gasteiger partial charge in [-0.1, -0.05) is 12.1 Å². The first kappa shape index (κ1) is 18.1. The number of hydrogen-bond donors (Lipinski definition) is 1. The largest absolute Gasteiger partial charge is 0.457 e. The number of nitrogen functional groups attached to an aromatic ring is 1. The van der Waals surface area contributed by atoms with E-state index < -0.39 is 10.9 Å². The molecule has 3 aromatic rings. The molecule has 1 heterocycles. The van der Waals surface area contributed by atoms with Crippen LogP contribution in [0.5, 0.6) is 0 Å². The van der Waals surface area contributed by atoms with Crippen molar-refractivity contribution in [3.63, 3.8) is 0 Å². The van der Waals surface area contributed by atoms with E-state index in [1.807, 2.05) is 48.9 Å². The second-order valence-electron chi connectivity index (χ2n) is 6.11. The van der Waals surface area contributed by atoms with Crippen LogP contribution in [0.4, 0.5) is 11.4 Å². The molecule has 0 atom stereocenters. The van der Waals surface area contributed by atoms with E-state index in [0.29, 0.717) is 0 Å². The third-order valence-electron chi connectivity index (χ3n) is 4.03. The minimum atomic E-state index is -0.634. The fourth-order valence-electron chi connectivity index (χ4n) is 2.70. The molecule has 0 aliphatic rings. The highest BCUT2D eigenvalue weighted by atomic mass is 16.6. The summed E-state index contributed by atoms with van der Waals surface area (Å²) in [7, 11) is 0. The average molecular weight is 366 g/mol. The highest BCUT2D eigenvalue weighted by Crippen LogP contribution is 2.21. The number of carbonyl (C=O) groups excluding carboxylic acids is 1. The fraction of sp³-hybridized carbons (Fsp3) is 0.158. The molecular formula is C19H18N4O4. The molecule has 0 aliphatic carbocycles. The Balaban J connectivity index is 1.67. The van der Waals surface area contributed by atoms with Crippen molar-refractivity contribution in [2.75, 3.05) is 5.73 Å². The number of nitro benzene ring substituents is 1. The number of aryl methyl sites for hydroxylation is 2. The van der Waals surface area contributed by atoms with Crippen LogP contribution < -0.4 is 5.73 Å². The molecule has 1 aromatic heterocycles. The van der Waals surface area contributed by atoms with Gasteiger partial charge in [0.1, 0.15) is 6.61 Å². The van der Waals surface area contributed by atoms with Gasteiger partial charge in [0.2, 0.25) is 0 Å². The number of aromatic nitrogens is 2. The van der Waals surface area contributed by atoms with Crippen LogP contribution in [0.1, 0.15) is 27.3 Å². The summed E-state index contributed by atoms with van der Waals surface area (Å²) in [5.41, 5.74) is 9.32. The van der Waals surface area contributed by atoms with Crippen LogP contribution in [0.25, 0.3) is 5.69 Å². The molecular weight excluding hydrogens is 348 g/mol. The van der Waals surface area contributed by atoms with Gasteiger partial charge in [0.05, 0.1) is 27.6 Å². The fourth-order valence-corrected chi connectivity index (χ4v) is 2.70. The van der Waals surface area contributed by atoms with Crippen molar-refractivity contribution in [2.24, 2.45) is 0 Å². The van der Waals surface area contributed by atoms with Crippen molar-refractivity contribution < 1.29 is 14.5 Å². The van der Waals surface area contributed by atoms with Crippen LogP contribution in [-0.4, -0.2) is 20.7 Å². The minimum absolute atomic E-state index is 0.00840. The van der Waals surface area contributed by atoms with Gasteiger partial charge in [-0.05, 0) is 43.7 Å². The molecule has 0 unspecified atom stereocenters. The van der Waals surface area contributed by atoms with Gasteiger partial charge in [-0.3, -0.25) is 10.1 Å². The maximum absolute atomic E-state index is 12.2. The number of anilines is 1. The smallest absolute Gasteiger partial charge is 0.340 e. The number of nitrogens with zero attached hydrogens (tertiary/aromatic N) is 3. The normalized spacial score (nSPS) is 10.6. The van der Waals surface area contributed by atoms with E-state index in [9.17, 15) is 14.9 Å². The molecule has 0 fully saturated rings. The van der Waals surface area contributed by atoms with E-state index in [-0.39, 0.29) is 23.5 Å². The van der Waals surface area contributed by atoms with E-state index in [2.05, 4.69) is 5.10 Å². The maximum atomic E-state index is 12.2. The van der Waals surface area contributed by atoms with E-state index >= 15 is 0 Å². The Bertz CT molecular complexity index is 1010. The van der Waals surface area contributed by atoms with Gasteiger partial charge in [-0.2, -0.15) is 5.10 Å². The van der Waals surface area contributed by atoms with E-state index in [1.165, 1.54) is 12.1 Å². The van der Waals surface area contributed by atoms with Crippen molar-refractivity contribution in [2.45, 2.75) is 20.5 Å². The highest BCUT2D eigenvalue weighted by Gasteiger charge is 2.15. The molecule has 138 valence electrons. The average Bonchev–Trinajstić information content (AvgIpc) is 2.98. The lowest BCUT2D eigenvalue weighted by atomic mass is 10.1. The van der Waals surface area contributed by atoms with E-state index in [4.69, 9.17) is 10.5 Å². The molecule has 0 saturated carbocycles. The second-order valence-corrected chi connectivity index (χ2v) is 6.11. The Kier molecular flexibility index (Phi) is 4.89. The first-order valence-corrected chi connectivity index (χ1v) is 8.19. The molecule has 2 aromatic carbocycles. The molecule has 0 radical (unpaired) electrons. The van der Waals surface area contributed by atoms with Crippen LogP contribution in [-0.2, 0) is 11.3 Å². The van der Waals surface area contributed by atoms with Gasteiger partial charge in [-0.25, -0.2) is 9.48 Å². The Morgan fingerprint density at radius 3 is 2.44 bits per heavy atom. The van der Waals surface area contributed by atoms with Crippen LogP contribution in [0.2, 0.25) is 0 Å². The van der Waals surface area contributed by atoms with Gasteiger partial charge in [-0.15, -0.1) is 0 Å². The molecule has 0 amide bonds.